The molecule has 0 amide bonds. The van der Waals surface area contributed by atoms with Gasteiger partial charge in [-0.05, 0) is 37.1 Å². The molecule has 0 bridgehead atoms. The molecule has 2 unspecified atom stereocenters. The van der Waals surface area contributed by atoms with Crippen LogP contribution in [0.3, 0.4) is 0 Å². The molecular weight excluding hydrogens is 220 g/mol. The van der Waals surface area contributed by atoms with Crippen LogP contribution in [-0.4, -0.2) is 6.04 Å². The Morgan fingerprint density at radius 1 is 1.00 bits per heavy atom. The van der Waals surface area contributed by atoms with Crippen LogP contribution < -0.4 is 10.6 Å². The summed E-state index contributed by atoms with van der Waals surface area (Å²) in [6.07, 6.45) is 0.992. The molecule has 2 atom stereocenters. The van der Waals surface area contributed by atoms with Gasteiger partial charge in [0.25, 0.3) is 0 Å². The van der Waals surface area contributed by atoms with Gasteiger partial charge in [-0.15, -0.1) is 0 Å². The molecule has 0 radical (unpaired) electrons. The maximum absolute atomic E-state index is 6.25. The van der Waals surface area contributed by atoms with Crippen LogP contribution in [0.1, 0.15) is 24.9 Å². The zero-order valence-corrected chi connectivity index (χ0v) is 10.6. The smallest absolute Gasteiger partial charge is 0.0461 e. The average Bonchev–Trinajstić information content (AvgIpc) is 2.40. The van der Waals surface area contributed by atoms with Gasteiger partial charge in [-0.2, -0.15) is 0 Å². The summed E-state index contributed by atoms with van der Waals surface area (Å²) in [5, 5.41) is 0. The van der Waals surface area contributed by atoms with Crippen molar-refractivity contribution < 1.29 is 0 Å². The highest BCUT2D eigenvalue weighted by Gasteiger charge is 2.28. The van der Waals surface area contributed by atoms with E-state index in [2.05, 4.69) is 66.4 Å². The summed E-state index contributed by atoms with van der Waals surface area (Å²) in [6.45, 7) is 2.24. The third-order valence-electron chi connectivity index (χ3n) is 3.67. The van der Waals surface area contributed by atoms with E-state index in [0.717, 1.165) is 6.42 Å². The van der Waals surface area contributed by atoms with Crippen LogP contribution in [0, 0.1) is 0 Å². The van der Waals surface area contributed by atoms with E-state index in [0.29, 0.717) is 6.04 Å². The van der Waals surface area contributed by atoms with Gasteiger partial charge < -0.3 is 10.6 Å². The highest BCUT2D eigenvalue weighted by Crippen LogP contribution is 2.40. The summed E-state index contributed by atoms with van der Waals surface area (Å²) in [5.74, 6) is 0. The number of nitrogens with zero attached hydrogens (tertiary/aromatic N) is 1. The maximum atomic E-state index is 6.25. The fourth-order valence-corrected chi connectivity index (χ4v) is 2.84. The monoisotopic (exact) mass is 238 g/mol. The molecule has 0 spiro atoms. The third-order valence-corrected chi connectivity index (χ3v) is 3.67. The van der Waals surface area contributed by atoms with E-state index in [-0.39, 0.29) is 6.04 Å². The van der Waals surface area contributed by atoms with Crippen LogP contribution >= 0.6 is 0 Å². The molecule has 18 heavy (non-hydrogen) atoms. The zero-order chi connectivity index (χ0) is 12.5. The number of hydrogen-bond acceptors (Lipinski definition) is 2. The Balaban J connectivity index is 2.12. The molecule has 0 saturated heterocycles. The molecule has 3 rings (SSSR count). The van der Waals surface area contributed by atoms with Gasteiger partial charge in [-0.3, -0.25) is 0 Å². The predicted octanol–water partition coefficient (Wildman–Crippen LogP) is 3.62. The molecule has 1 heterocycles. The summed E-state index contributed by atoms with van der Waals surface area (Å²) in [4.78, 5) is 2.39. The molecule has 2 aromatic carbocycles. The van der Waals surface area contributed by atoms with Crippen molar-refractivity contribution in [2.45, 2.75) is 25.4 Å². The SMILES string of the molecule is CC1CC(N)c2ccccc2N1c1ccccc1. The Labute approximate surface area is 108 Å². The quantitative estimate of drug-likeness (QED) is 0.822. The summed E-state index contributed by atoms with van der Waals surface area (Å²) in [6, 6.07) is 19.6. The molecule has 0 fully saturated rings. The minimum Gasteiger partial charge on any atom is -0.338 e. The van der Waals surface area contributed by atoms with Gasteiger partial charge in [-0.25, -0.2) is 0 Å². The van der Waals surface area contributed by atoms with Crippen molar-refractivity contribution >= 4 is 11.4 Å². The van der Waals surface area contributed by atoms with Crippen molar-refractivity contribution in [3.05, 3.63) is 60.2 Å². The molecule has 2 heteroatoms. The highest BCUT2D eigenvalue weighted by atomic mass is 15.2. The van der Waals surface area contributed by atoms with E-state index in [1.165, 1.54) is 16.9 Å². The standard InChI is InChI=1S/C16H18N2/c1-12-11-15(17)14-9-5-6-10-16(14)18(12)13-7-3-2-4-8-13/h2-10,12,15H,11,17H2,1H3. The number of anilines is 2. The van der Waals surface area contributed by atoms with Crippen molar-refractivity contribution in [1.29, 1.82) is 0 Å². The number of fused-ring (bicyclic) bond motifs is 1. The van der Waals surface area contributed by atoms with Crippen LogP contribution in [0.15, 0.2) is 54.6 Å². The first-order chi connectivity index (χ1) is 8.77. The van der Waals surface area contributed by atoms with Crippen molar-refractivity contribution in [2.24, 2.45) is 5.73 Å². The molecule has 0 aliphatic carbocycles. The van der Waals surface area contributed by atoms with E-state index in [9.17, 15) is 0 Å². The first kappa shape index (κ1) is 11.3. The second-order valence-corrected chi connectivity index (χ2v) is 4.96. The molecule has 92 valence electrons. The van der Waals surface area contributed by atoms with Gasteiger partial charge in [0.1, 0.15) is 0 Å². The average molecular weight is 238 g/mol. The van der Waals surface area contributed by atoms with Crippen molar-refractivity contribution in [3.8, 4) is 0 Å². The van der Waals surface area contributed by atoms with Crippen LogP contribution in [0.25, 0.3) is 0 Å². The number of rotatable bonds is 1. The number of hydrogen-bond donors (Lipinski definition) is 1. The van der Waals surface area contributed by atoms with Gasteiger partial charge in [0.15, 0.2) is 0 Å². The molecule has 2 aromatic rings. The fourth-order valence-electron chi connectivity index (χ4n) is 2.84. The lowest BCUT2D eigenvalue weighted by atomic mass is 9.92. The van der Waals surface area contributed by atoms with Gasteiger partial charge >= 0.3 is 0 Å². The summed E-state index contributed by atoms with van der Waals surface area (Å²) >= 11 is 0. The lowest BCUT2D eigenvalue weighted by molar-refractivity contribution is 0.531. The number of para-hydroxylation sites is 2. The second-order valence-electron chi connectivity index (χ2n) is 4.96. The largest absolute Gasteiger partial charge is 0.338 e. The van der Waals surface area contributed by atoms with E-state index in [1.54, 1.807) is 0 Å². The van der Waals surface area contributed by atoms with E-state index >= 15 is 0 Å². The Kier molecular flexibility index (Phi) is 2.80. The van der Waals surface area contributed by atoms with Crippen LogP contribution in [0.5, 0.6) is 0 Å². The predicted molar refractivity (Wildman–Crippen MR) is 76.0 cm³/mol. The molecule has 0 saturated carbocycles. The Bertz CT molecular complexity index is 536. The van der Waals surface area contributed by atoms with Crippen molar-refractivity contribution in [2.75, 3.05) is 4.90 Å². The Morgan fingerprint density at radius 2 is 1.67 bits per heavy atom. The fraction of sp³-hybridized carbons (Fsp3) is 0.250. The Hall–Kier alpha value is -1.80. The molecule has 2 nitrogen and oxygen atoms in total. The summed E-state index contributed by atoms with van der Waals surface area (Å²) in [5.41, 5.74) is 9.99. The minimum absolute atomic E-state index is 0.149. The normalized spacial score (nSPS) is 22.7. The minimum atomic E-state index is 0.149. The lowest BCUT2D eigenvalue weighted by Gasteiger charge is -2.39. The molecular formula is C16H18N2. The molecule has 0 aromatic heterocycles. The summed E-state index contributed by atoms with van der Waals surface area (Å²) < 4.78 is 0. The molecule has 1 aliphatic rings. The topological polar surface area (TPSA) is 29.3 Å². The molecule has 2 N–H and O–H groups in total. The van der Waals surface area contributed by atoms with E-state index < -0.39 is 0 Å². The zero-order valence-electron chi connectivity index (χ0n) is 10.6. The third kappa shape index (κ3) is 1.79. The van der Waals surface area contributed by atoms with Gasteiger partial charge in [-0.1, -0.05) is 36.4 Å². The molecule has 1 aliphatic heterocycles. The summed E-state index contributed by atoms with van der Waals surface area (Å²) in [7, 11) is 0. The first-order valence-corrected chi connectivity index (χ1v) is 6.46. The van der Waals surface area contributed by atoms with Gasteiger partial charge in [0.2, 0.25) is 0 Å². The van der Waals surface area contributed by atoms with Crippen LogP contribution in [0.2, 0.25) is 0 Å². The van der Waals surface area contributed by atoms with Crippen molar-refractivity contribution in [3.63, 3.8) is 0 Å². The van der Waals surface area contributed by atoms with E-state index in [1.807, 2.05) is 0 Å². The number of benzene rings is 2. The van der Waals surface area contributed by atoms with Crippen LogP contribution in [0.4, 0.5) is 11.4 Å². The van der Waals surface area contributed by atoms with Crippen molar-refractivity contribution in [1.82, 2.24) is 0 Å². The van der Waals surface area contributed by atoms with Crippen LogP contribution in [-0.2, 0) is 0 Å². The number of nitrogens with two attached hydrogens (primary N) is 1. The van der Waals surface area contributed by atoms with Gasteiger partial charge in [0, 0.05) is 23.5 Å². The van der Waals surface area contributed by atoms with E-state index in [4.69, 9.17) is 5.73 Å². The van der Waals surface area contributed by atoms with Gasteiger partial charge in [0.05, 0.1) is 0 Å². The first-order valence-electron chi connectivity index (χ1n) is 6.46. The Morgan fingerprint density at radius 3 is 2.44 bits per heavy atom. The lowest BCUT2D eigenvalue weighted by Crippen LogP contribution is -2.37. The highest BCUT2D eigenvalue weighted by molar-refractivity contribution is 5.69. The maximum Gasteiger partial charge on any atom is 0.0461 e. The second kappa shape index (κ2) is 4.46.